The van der Waals surface area contributed by atoms with Gasteiger partial charge in [0.05, 0.1) is 5.56 Å². The summed E-state index contributed by atoms with van der Waals surface area (Å²) < 4.78 is 39.8. The van der Waals surface area contributed by atoms with Crippen LogP contribution in [0.3, 0.4) is 0 Å². The number of Topliss-reactive ketones (excluding diaryl/α,β-unsaturated/α-hetero) is 1. The van der Waals surface area contributed by atoms with Crippen LogP contribution >= 0.6 is 0 Å². The lowest BCUT2D eigenvalue weighted by Gasteiger charge is -2.11. The van der Waals surface area contributed by atoms with Crippen LogP contribution in [-0.2, 0) is 0 Å². The summed E-state index contributed by atoms with van der Waals surface area (Å²) in [6, 6.07) is 5.28. The molecule has 0 aliphatic carbocycles. The predicted molar refractivity (Wildman–Crippen MR) is 52.0 cm³/mol. The molecule has 0 saturated carbocycles. The molecule has 0 atom stereocenters. The van der Waals surface area contributed by atoms with Gasteiger partial charge in [0, 0.05) is 6.42 Å². The Morgan fingerprint density at radius 3 is 2.50 bits per heavy atom. The van der Waals surface area contributed by atoms with E-state index in [2.05, 4.69) is 11.7 Å². The number of carbonyl (C=O) groups excluding carboxylic acids is 1. The highest BCUT2D eigenvalue weighted by Gasteiger charge is 2.32. The molecule has 1 radical (unpaired) electrons. The van der Waals surface area contributed by atoms with Gasteiger partial charge in [0.1, 0.15) is 5.75 Å². The van der Waals surface area contributed by atoms with E-state index < -0.39 is 17.9 Å². The molecule has 1 rings (SSSR count). The molecule has 0 amide bonds. The fraction of sp³-hybridized carbons (Fsp3) is 0.273. The number of ketones is 1. The van der Waals surface area contributed by atoms with Crippen molar-refractivity contribution in [3.8, 4) is 5.75 Å². The lowest BCUT2D eigenvalue weighted by molar-refractivity contribution is -0.274. The van der Waals surface area contributed by atoms with Gasteiger partial charge in [-0.1, -0.05) is 19.1 Å². The lowest BCUT2D eigenvalue weighted by Crippen LogP contribution is -2.19. The molecule has 5 heteroatoms. The molecule has 16 heavy (non-hydrogen) atoms. The van der Waals surface area contributed by atoms with Crippen LogP contribution in [0.25, 0.3) is 0 Å². The van der Waals surface area contributed by atoms with Crippen molar-refractivity contribution >= 4 is 5.78 Å². The Morgan fingerprint density at radius 2 is 1.94 bits per heavy atom. The van der Waals surface area contributed by atoms with Crippen molar-refractivity contribution in [1.29, 1.82) is 0 Å². The molecule has 0 heterocycles. The Kier molecular flexibility index (Phi) is 3.93. The van der Waals surface area contributed by atoms with E-state index in [1.165, 1.54) is 18.2 Å². The van der Waals surface area contributed by atoms with Crippen LogP contribution in [-0.4, -0.2) is 12.1 Å². The maximum absolute atomic E-state index is 12.0. The van der Waals surface area contributed by atoms with Gasteiger partial charge in [0.25, 0.3) is 0 Å². The second-order valence-corrected chi connectivity index (χ2v) is 3.07. The Morgan fingerprint density at radius 1 is 1.31 bits per heavy atom. The first kappa shape index (κ1) is 12.5. The summed E-state index contributed by atoms with van der Waals surface area (Å²) in [7, 11) is 0. The number of rotatable bonds is 4. The van der Waals surface area contributed by atoms with Gasteiger partial charge in [-0.2, -0.15) is 0 Å². The number of benzene rings is 1. The maximum atomic E-state index is 12.0. The molecular formula is C11H10F3O2. The van der Waals surface area contributed by atoms with Crippen molar-refractivity contribution in [2.24, 2.45) is 0 Å². The van der Waals surface area contributed by atoms with E-state index >= 15 is 0 Å². The Labute approximate surface area is 91.0 Å². The molecule has 87 valence electrons. The van der Waals surface area contributed by atoms with E-state index in [-0.39, 0.29) is 12.0 Å². The minimum absolute atomic E-state index is 0.0662. The highest BCUT2D eigenvalue weighted by molar-refractivity contribution is 5.98. The number of halogens is 3. The molecule has 0 bridgehead atoms. The maximum Gasteiger partial charge on any atom is 0.573 e. The van der Waals surface area contributed by atoms with Gasteiger partial charge in [-0.3, -0.25) is 4.79 Å². The van der Waals surface area contributed by atoms with E-state index in [9.17, 15) is 18.0 Å². The summed E-state index contributed by atoms with van der Waals surface area (Å²) in [5.74, 6) is -0.872. The van der Waals surface area contributed by atoms with E-state index in [1.54, 1.807) is 0 Å². The summed E-state index contributed by atoms with van der Waals surface area (Å²) in [5.41, 5.74) is -0.0662. The van der Waals surface area contributed by atoms with Crippen LogP contribution in [0.15, 0.2) is 24.3 Å². The molecule has 0 aliphatic rings. The van der Waals surface area contributed by atoms with Crippen LogP contribution in [0.2, 0.25) is 0 Å². The smallest absolute Gasteiger partial charge is 0.405 e. The Hall–Kier alpha value is -1.52. The van der Waals surface area contributed by atoms with Crippen molar-refractivity contribution in [2.45, 2.75) is 19.2 Å². The highest BCUT2D eigenvalue weighted by atomic mass is 19.4. The predicted octanol–water partition coefficient (Wildman–Crippen LogP) is 3.38. The topological polar surface area (TPSA) is 26.3 Å². The first-order chi connectivity index (χ1) is 7.44. The fourth-order valence-corrected chi connectivity index (χ4v) is 1.21. The van der Waals surface area contributed by atoms with E-state index in [0.29, 0.717) is 6.42 Å². The van der Waals surface area contributed by atoms with E-state index in [4.69, 9.17) is 0 Å². The molecule has 2 nitrogen and oxygen atoms in total. The standard InChI is InChI=1S/C11H10F3O2/c1-2-5-9(15)8-6-3-4-7-10(8)16-11(12,13)14/h3-4,6-7H,1-2,5H2. The van der Waals surface area contributed by atoms with Crippen LogP contribution in [0.4, 0.5) is 13.2 Å². The van der Waals surface area contributed by atoms with Crippen LogP contribution in [0.5, 0.6) is 5.75 Å². The van der Waals surface area contributed by atoms with Gasteiger partial charge in [-0.15, -0.1) is 13.2 Å². The third-order valence-corrected chi connectivity index (χ3v) is 1.82. The van der Waals surface area contributed by atoms with Gasteiger partial charge < -0.3 is 4.74 Å². The molecule has 0 aromatic heterocycles. The zero-order chi connectivity index (χ0) is 12.2. The first-order valence-corrected chi connectivity index (χ1v) is 4.61. The molecule has 0 saturated heterocycles. The lowest BCUT2D eigenvalue weighted by atomic mass is 10.1. The van der Waals surface area contributed by atoms with Crippen molar-refractivity contribution in [1.82, 2.24) is 0 Å². The number of para-hydroxylation sites is 1. The van der Waals surface area contributed by atoms with E-state index in [0.717, 1.165) is 6.07 Å². The normalized spacial score (nSPS) is 11.2. The quantitative estimate of drug-likeness (QED) is 0.742. The minimum atomic E-state index is -4.79. The molecular weight excluding hydrogens is 221 g/mol. The average molecular weight is 231 g/mol. The van der Waals surface area contributed by atoms with Crippen molar-refractivity contribution in [3.63, 3.8) is 0 Å². The van der Waals surface area contributed by atoms with Crippen LogP contribution < -0.4 is 4.74 Å². The highest BCUT2D eigenvalue weighted by Crippen LogP contribution is 2.27. The van der Waals surface area contributed by atoms with Gasteiger partial charge >= 0.3 is 6.36 Å². The molecule has 0 unspecified atom stereocenters. The van der Waals surface area contributed by atoms with Gasteiger partial charge in [0.2, 0.25) is 0 Å². The minimum Gasteiger partial charge on any atom is -0.405 e. The summed E-state index contributed by atoms with van der Waals surface area (Å²) in [5, 5.41) is 0. The summed E-state index contributed by atoms with van der Waals surface area (Å²) in [4.78, 5) is 11.5. The number of alkyl halides is 3. The third kappa shape index (κ3) is 3.56. The fourth-order valence-electron chi connectivity index (χ4n) is 1.21. The van der Waals surface area contributed by atoms with Gasteiger partial charge in [-0.05, 0) is 18.6 Å². The van der Waals surface area contributed by atoms with Crippen LogP contribution in [0, 0.1) is 6.92 Å². The second-order valence-electron chi connectivity index (χ2n) is 3.07. The largest absolute Gasteiger partial charge is 0.573 e. The van der Waals surface area contributed by atoms with Crippen LogP contribution in [0.1, 0.15) is 23.2 Å². The summed E-state index contributed by atoms with van der Waals surface area (Å²) in [6.45, 7) is 3.47. The Balaban J connectivity index is 2.96. The van der Waals surface area contributed by atoms with Crippen molar-refractivity contribution in [2.75, 3.05) is 0 Å². The molecule has 1 aromatic carbocycles. The second kappa shape index (κ2) is 5.01. The molecule has 0 N–H and O–H groups in total. The number of hydrogen-bond acceptors (Lipinski definition) is 2. The third-order valence-electron chi connectivity index (χ3n) is 1.82. The summed E-state index contributed by atoms with van der Waals surface area (Å²) in [6.07, 6.45) is -4.36. The molecule has 0 spiro atoms. The molecule has 0 aliphatic heterocycles. The van der Waals surface area contributed by atoms with Gasteiger partial charge in [0.15, 0.2) is 5.78 Å². The zero-order valence-electron chi connectivity index (χ0n) is 8.38. The average Bonchev–Trinajstić information content (AvgIpc) is 2.16. The van der Waals surface area contributed by atoms with Crippen molar-refractivity contribution in [3.05, 3.63) is 36.8 Å². The monoisotopic (exact) mass is 231 g/mol. The number of ether oxygens (including phenoxy) is 1. The van der Waals surface area contributed by atoms with Gasteiger partial charge in [-0.25, -0.2) is 0 Å². The van der Waals surface area contributed by atoms with E-state index in [1.807, 2.05) is 0 Å². The Bertz CT molecular complexity index is 372. The van der Waals surface area contributed by atoms with Crippen molar-refractivity contribution < 1.29 is 22.7 Å². The zero-order valence-corrected chi connectivity index (χ0v) is 8.38. The summed E-state index contributed by atoms with van der Waals surface area (Å²) >= 11 is 0. The first-order valence-electron chi connectivity index (χ1n) is 4.61. The number of hydrogen-bond donors (Lipinski definition) is 0. The SMILES string of the molecule is [CH2]CCC(=O)c1ccccc1OC(F)(F)F. The molecule has 1 aromatic rings. The molecule has 0 fully saturated rings. The number of carbonyl (C=O) groups is 1.